The molecule has 0 aliphatic rings. The minimum Gasteiger partial charge on any atom is -0.451 e. The van der Waals surface area contributed by atoms with Crippen molar-refractivity contribution in [1.29, 1.82) is 0 Å². The second kappa shape index (κ2) is 10.5. The van der Waals surface area contributed by atoms with Crippen LogP contribution in [-0.4, -0.2) is 32.8 Å². The van der Waals surface area contributed by atoms with Gasteiger partial charge in [0.15, 0.2) is 6.10 Å². The van der Waals surface area contributed by atoms with Crippen molar-refractivity contribution in [2.75, 3.05) is 10.8 Å². The van der Waals surface area contributed by atoms with Crippen LogP contribution < -0.4 is 4.31 Å². The molecule has 0 spiro atoms. The summed E-state index contributed by atoms with van der Waals surface area (Å²) in [5.74, 6) is -1.15. The monoisotopic (exact) mass is 483 g/mol. The molecule has 3 aromatic rings. The van der Waals surface area contributed by atoms with Crippen molar-refractivity contribution in [3.05, 3.63) is 108 Å². The molecule has 0 aromatic heterocycles. The summed E-state index contributed by atoms with van der Waals surface area (Å²) in [6.45, 7) is 5.12. The third-order valence-electron chi connectivity index (χ3n) is 4.78. The molecule has 0 unspecified atom stereocenters. The number of carbonyl (C=O) groups is 2. The largest absolute Gasteiger partial charge is 0.451 e. The molecule has 0 radical (unpaired) electrons. The van der Waals surface area contributed by atoms with Gasteiger partial charge in [-0.05, 0) is 49.4 Å². The fraction of sp³-hybridized carbons (Fsp3) is 0.120. The van der Waals surface area contributed by atoms with Gasteiger partial charge in [0.1, 0.15) is 0 Å². The number of carbonyl (C=O) groups excluding carboxylic acids is 2. The van der Waals surface area contributed by atoms with Gasteiger partial charge in [0.05, 0.1) is 22.7 Å². The van der Waals surface area contributed by atoms with Crippen LogP contribution in [0.15, 0.2) is 96.4 Å². The lowest BCUT2D eigenvalue weighted by Crippen LogP contribution is -2.31. The number of hydrogen-bond acceptors (Lipinski definition) is 5. The maximum Gasteiger partial charge on any atom is 0.338 e. The summed E-state index contributed by atoms with van der Waals surface area (Å²) in [5, 5.41) is 0.471. The number of rotatable bonds is 9. The maximum absolute atomic E-state index is 13.3. The highest BCUT2D eigenvalue weighted by Crippen LogP contribution is 2.26. The van der Waals surface area contributed by atoms with E-state index in [9.17, 15) is 18.0 Å². The third-order valence-corrected chi connectivity index (χ3v) is 6.82. The van der Waals surface area contributed by atoms with Crippen molar-refractivity contribution in [2.45, 2.75) is 17.9 Å². The number of nitrogens with zero attached hydrogens (tertiary/aromatic N) is 1. The van der Waals surface area contributed by atoms with Crippen molar-refractivity contribution in [3.63, 3.8) is 0 Å². The van der Waals surface area contributed by atoms with Crippen LogP contribution in [0.2, 0.25) is 5.02 Å². The van der Waals surface area contributed by atoms with Crippen LogP contribution in [0.5, 0.6) is 0 Å². The van der Waals surface area contributed by atoms with E-state index >= 15 is 0 Å². The highest BCUT2D eigenvalue weighted by molar-refractivity contribution is 7.92. The number of sulfonamides is 1. The van der Waals surface area contributed by atoms with Crippen LogP contribution in [0, 0.1) is 0 Å². The van der Waals surface area contributed by atoms with Gasteiger partial charge in [0, 0.05) is 10.6 Å². The third kappa shape index (κ3) is 5.69. The lowest BCUT2D eigenvalue weighted by atomic mass is 10.1. The zero-order valence-electron chi connectivity index (χ0n) is 17.8. The Morgan fingerprint density at radius 2 is 1.64 bits per heavy atom. The molecule has 0 heterocycles. The summed E-state index contributed by atoms with van der Waals surface area (Å²) in [6, 6.07) is 20.3. The summed E-state index contributed by atoms with van der Waals surface area (Å²) in [5.41, 5.74) is 0.824. The van der Waals surface area contributed by atoms with Gasteiger partial charge in [-0.2, -0.15) is 0 Å². The molecule has 170 valence electrons. The topological polar surface area (TPSA) is 80.8 Å². The fourth-order valence-corrected chi connectivity index (χ4v) is 4.70. The van der Waals surface area contributed by atoms with Gasteiger partial charge in [-0.3, -0.25) is 9.10 Å². The molecule has 0 fully saturated rings. The highest BCUT2D eigenvalue weighted by Gasteiger charge is 2.26. The van der Waals surface area contributed by atoms with Crippen molar-refractivity contribution in [1.82, 2.24) is 0 Å². The second-order valence-electron chi connectivity index (χ2n) is 7.11. The van der Waals surface area contributed by atoms with Gasteiger partial charge >= 0.3 is 5.97 Å². The van der Waals surface area contributed by atoms with E-state index in [2.05, 4.69) is 6.58 Å². The van der Waals surface area contributed by atoms with Crippen molar-refractivity contribution >= 4 is 39.1 Å². The van der Waals surface area contributed by atoms with Gasteiger partial charge in [-0.15, -0.1) is 6.58 Å². The Balaban J connectivity index is 1.85. The molecule has 3 aromatic carbocycles. The van der Waals surface area contributed by atoms with E-state index in [1.807, 2.05) is 0 Å². The molecule has 0 amide bonds. The van der Waals surface area contributed by atoms with E-state index in [4.69, 9.17) is 16.3 Å². The van der Waals surface area contributed by atoms with Crippen LogP contribution in [0.4, 0.5) is 5.69 Å². The zero-order valence-corrected chi connectivity index (χ0v) is 19.4. The van der Waals surface area contributed by atoms with Gasteiger partial charge < -0.3 is 4.74 Å². The summed E-state index contributed by atoms with van der Waals surface area (Å²) >= 11 is 5.92. The number of halogens is 1. The molecular weight excluding hydrogens is 462 g/mol. The van der Waals surface area contributed by atoms with E-state index in [1.165, 1.54) is 37.3 Å². The molecule has 33 heavy (non-hydrogen) atoms. The number of ether oxygens (including phenoxy) is 1. The first-order valence-electron chi connectivity index (χ1n) is 10.0. The van der Waals surface area contributed by atoms with E-state index in [0.29, 0.717) is 16.3 Å². The Labute approximate surface area is 198 Å². The van der Waals surface area contributed by atoms with Gasteiger partial charge in [0.2, 0.25) is 5.78 Å². The molecule has 6 nitrogen and oxygen atoms in total. The van der Waals surface area contributed by atoms with Crippen molar-refractivity contribution in [3.8, 4) is 0 Å². The fourth-order valence-electron chi connectivity index (χ4n) is 3.10. The number of anilines is 1. The molecule has 0 saturated heterocycles. The van der Waals surface area contributed by atoms with Crippen molar-refractivity contribution in [2.24, 2.45) is 0 Å². The number of ketones is 1. The molecule has 0 N–H and O–H groups in total. The van der Waals surface area contributed by atoms with Crippen LogP contribution in [-0.2, 0) is 14.8 Å². The summed E-state index contributed by atoms with van der Waals surface area (Å²) in [7, 11) is -4.03. The first-order valence-corrected chi connectivity index (χ1v) is 11.9. The second-order valence-corrected chi connectivity index (χ2v) is 9.41. The van der Waals surface area contributed by atoms with Crippen molar-refractivity contribution < 1.29 is 22.7 Å². The summed E-state index contributed by atoms with van der Waals surface area (Å²) in [6.07, 6.45) is 0.424. The van der Waals surface area contributed by atoms with Crippen LogP contribution in [0.25, 0.3) is 0 Å². The average molecular weight is 484 g/mol. The maximum atomic E-state index is 13.3. The number of esters is 1. The Morgan fingerprint density at radius 1 is 1.00 bits per heavy atom. The smallest absolute Gasteiger partial charge is 0.338 e. The summed E-state index contributed by atoms with van der Waals surface area (Å²) in [4.78, 5) is 25.0. The molecule has 0 aliphatic heterocycles. The molecule has 0 aliphatic carbocycles. The van der Waals surface area contributed by atoms with Crippen LogP contribution >= 0.6 is 11.6 Å². The SMILES string of the molecule is C=CCN(c1ccc(Cl)cc1)S(=O)(=O)c1cccc(C(=O)O[C@@H](C)C(=O)c2ccccc2)c1. The number of benzene rings is 3. The molecule has 3 rings (SSSR count). The van der Waals surface area contributed by atoms with E-state index in [0.717, 1.165) is 4.31 Å². The average Bonchev–Trinajstić information content (AvgIpc) is 2.83. The van der Waals surface area contributed by atoms with Gasteiger partial charge in [0.25, 0.3) is 10.0 Å². The Hall–Kier alpha value is -3.42. The van der Waals surface area contributed by atoms with E-state index in [-0.39, 0.29) is 22.8 Å². The predicted octanol–water partition coefficient (Wildman–Crippen LogP) is 5.15. The zero-order chi connectivity index (χ0) is 24.0. The Morgan fingerprint density at radius 3 is 2.27 bits per heavy atom. The van der Waals surface area contributed by atoms with E-state index in [1.54, 1.807) is 54.6 Å². The van der Waals surface area contributed by atoms with E-state index < -0.39 is 22.1 Å². The number of Topliss-reactive ketones (excluding diaryl/α,β-unsaturated/α-hetero) is 1. The molecule has 8 heteroatoms. The minimum absolute atomic E-state index is 0.0124. The predicted molar refractivity (Wildman–Crippen MR) is 128 cm³/mol. The lowest BCUT2D eigenvalue weighted by Gasteiger charge is -2.23. The first-order chi connectivity index (χ1) is 15.7. The molecule has 0 saturated carbocycles. The standard InChI is InChI=1S/C25H22ClNO5S/c1-3-16-27(22-14-12-21(26)13-15-22)33(30,31)23-11-7-10-20(17-23)25(29)32-18(2)24(28)19-8-5-4-6-9-19/h3-15,17-18H,1,16H2,2H3/t18-/m0/s1. The quantitative estimate of drug-likeness (QED) is 0.239. The molecular formula is C25H22ClNO5S. The highest BCUT2D eigenvalue weighted by atomic mass is 35.5. The normalized spacial score (nSPS) is 11.9. The minimum atomic E-state index is -4.03. The number of hydrogen-bond donors (Lipinski definition) is 0. The van der Waals surface area contributed by atoms with Crippen LogP contribution in [0.3, 0.4) is 0 Å². The first kappa shape index (κ1) is 24.2. The molecule has 0 bridgehead atoms. The molecule has 1 atom stereocenters. The lowest BCUT2D eigenvalue weighted by molar-refractivity contribution is 0.0318. The summed E-state index contributed by atoms with van der Waals surface area (Å²) < 4.78 is 33.1. The van der Waals surface area contributed by atoms with Gasteiger partial charge in [-0.1, -0.05) is 54.1 Å². The Bertz CT molecular complexity index is 1260. The Kier molecular flexibility index (Phi) is 7.68. The van der Waals surface area contributed by atoms with Crippen LogP contribution in [0.1, 0.15) is 27.6 Å². The van der Waals surface area contributed by atoms with Gasteiger partial charge in [-0.25, -0.2) is 13.2 Å².